The molecule has 1 unspecified atom stereocenters. The van der Waals surface area contributed by atoms with Gasteiger partial charge in [-0.05, 0) is 41.7 Å². The Morgan fingerprint density at radius 2 is 2.17 bits per heavy atom. The van der Waals surface area contributed by atoms with Gasteiger partial charge in [0, 0.05) is 17.8 Å². The van der Waals surface area contributed by atoms with Gasteiger partial charge in [-0.3, -0.25) is 9.78 Å². The van der Waals surface area contributed by atoms with Crippen LogP contribution in [0.25, 0.3) is 10.8 Å². The van der Waals surface area contributed by atoms with Gasteiger partial charge in [-0.25, -0.2) is 0 Å². The van der Waals surface area contributed by atoms with Crippen molar-refractivity contribution in [2.75, 3.05) is 0 Å². The lowest BCUT2D eigenvalue weighted by Crippen LogP contribution is -2.08. The highest BCUT2D eigenvalue weighted by atomic mass is 16.4. The summed E-state index contributed by atoms with van der Waals surface area (Å²) in [6.07, 6.45) is 6.16. The Kier molecular flexibility index (Phi) is 2.74. The first-order valence-corrected chi connectivity index (χ1v) is 6.29. The van der Waals surface area contributed by atoms with E-state index in [1.807, 2.05) is 18.3 Å². The second kappa shape index (κ2) is 4.41. The number of benzene rings is 1. The predicted molar refractivity (Wildman–Crippen MR) is 69.5 cm³/mol. The predicted octanol–water partition coefficient (Wildman–Crippen LogP) is 3.20. The molecule has 3 rings (SSSR count). The van der Waals surface area contributed by atoms with Gasteiger partial charge in [0.2, 0.25) is 0 Å². The van der Waals surface area contributed by atoms with E-state index in [2.05, 4.69) is 17.1 Å². The molecule has 0 radical (unpaired) electrons. The van der Waals surface area contributed by atoms with Crippen molar-refractivity contribution in [3.8, 4) is 0 Å². The van der Waals surface area contributed by atoms with E-state index in [4.69, 9.17) is 5.11 Å². The van der Waals surface area contributed by atoms with Gasteiger partial charge in [-0.1, -0.05) is 18.2 Å². The van der Waals surface area contributed by atoms with E-state index in [-0.39, 0.29) is 12.3 Å². The molecule has 3 heteroatoms. The Balaban J connectivity index is 1.98. The maximum Gasteiger partial charge on any atom is 0.303 e. The summed E-state index contributed by atoms with van der Waals surface area (Å²) in [5.74, 6) is 0.0159. The SMILES string of the molecule is O=C(O)CC(c1ccc2cnccc2c1)C1CC1. The highest BCUT2D eigenvalue weighted by Crippen LogP contribution is 2.44. The molecule has 0 bridgehead atoms. The van der Waals surface area contributed by atoms with Gasteiger partial charge in [-0.15, -0.1) is 0 Å². The standard InChI is InChI=1S/C15H15NO2/c17-15(18)8-14(10-1-2-10)12-3-4-13-9-16-6-5-11(13)7-12/h3-7,9-10,14H,1-2,8H2,(H,17,18). The van der Waals surface area contributed by atoms with Crippen LogP contribution in [0.3, 0.4) is 0 Å². The molecule has 1 aromatic carbocycles. The lowest BCUT2D eigenvalue weighted by Gasteiger charge is -2.15. The van der Waals surface area contributed by atoms with Crippen molar-refractivity contribution in [2.45, 2.75) is 25.2 Å². The van der Waals surface area contributed by atoms with Crippen LogP contribution in [-0.2, 0) is 4.79 Å². The van der Waals surface area contributed by atoms with E-state index in [1.54, 1.807) is 6.20 Å². The summed E-state index contributed by atoms with van der Waals surface area (Å²) in [5, 5.41) is 11.3. The van der Waals surface area contributed by atoms with E-state index in [1.165, 1.54) is 0 Å². The molecule has 0 saturated heterocycles. The number of hydrogen-bond acceptors (Lipinski definition) is 2. The summed E-state index contributed by atoms with van der Waals surface area (Å²) in [5.41, 5.74) is 1.15. The van der Waals surface area contributed by atoms with E-state index in [9.17, 15) is 4.79 Å². The number of carboxylic acids is 1. The molecule has 18 heavy (non-hydrogen) atoms. The maximum atomic E-state index is 11.0. The third-order valence-corrected chi connectivity index (χ3v) is 3.68. The quantitative estimate of drug-likeness (QED) is 0.894. The average molecular weight is 241 g/mol. The summed E-state index contributed by atoms with van der Waals surface area (Å²) in [4.78, 5) is 15.1. The van der Waals surface area contributed by atoms with Crippen LogP contribution in [0.15, 0.2) is 36.7 Å². The first-order chi connectivity index (χ1) is 8.74. The number of fused-ring (bicyclic) bond motifs is 1. The Morgan fingerprint density at radius 3 is 2.89 bits per heavy atom. The number of pyridine rings is 1. The van der Waals surface area contributed by atoms with Crippen LogP contribution in [0, 0.1) is 5.92 Å². The van der Waals surface area contributed by atoms with Gasteiger partial charge < -0.3 is 5.11 Å². The first-order valence-electron chi connectivity index (χ1n) is 6.29. The number of aromatic nitrogens is 1. The second-order valence-corrected chi connectivity index (χ2v) is 5.02. The topological polar surface area (TPSA) is 50.2 Å². The minimum atomic E-state index is -0.707. The second-order valence-electron chi connectivity index (χ2n) is 5.02. The van der Waals surface area contributed by atoms with Crippen molar-refractivity contribution in [3.63, 3.8) is 0 Å². The fourth-order valence-corrected chi connectivity index (χ4v) is 2.58. The maximum absolute atomic E-state index is 11.0. The lowest BCUT2D eigenvalue weighted by atomic mass is 9.90. The molecule has 0 amide bonds. The molecule has 3 nitrogen and oxygen atoms in total. The molecule has 2 aromatic rings. The van der Waals surface area contributed by atoms with Gasteiger partial charge in [-0.2, -0.15) is 0 Å². The van der Waals surface area contributed by atoms with Crippen molar-refractivity contribution in [3.05, 3.63) is 42.2 Å². The highest BCUT2D eigenvalue weighted by molar-refractivity contribution is 5.82. The van der Waals surface area contributed by atoms with Crippen molar-refractivity contribution in [1.29, 1.82) is 0 Å². The molecular formula is C15H15NO2. The zero-order chi connectivity index (χ0) is 12.5. The Morgan fingerprint density at radius 1 is 1.33 bits per heavy atom. The molecule has 1 aliphatic carbocycles. The summed E-state index contributed by atoms with van der Waals surface area (Å²) >= 11 is 0. The molecule has 1 fully saturated rings. The van der Waals surface area contributed by atoms with Gasteiger partial charge in [0.15, 0.2) is 0 Å². The molecule has 0 aliphatic heterocycles. The number of aliphatic carboxylic acids is 1. The number of nitrogens with zero attached hydrogens (tertiary/aromatic N) is 1. The van der Waals surface area contributed by atoms with Crippen molar-refractivity contribution in [2.24, 2.45) is 5.92 Å². The summed E-state index contributed by atoms with van der Waals surface area (Å²) in [6, 6.07) is 8.18. The minimum Gasteiger partial charge on any atom is -0.481 e. The molecular weight excluding hydrogens is 226 g/mol. The van der Waals surface area contributed by atoms with Crippen molar-refractivity contribution in [1.82, 2.24) is 4.98 Å². The zero-order valence-corrected chi connectivity index (χ0v) is 10.0. The average Bonchev–Trinajstić information content (AvgIpc) is 3.19. The van der Waals surface area contributed by atoms with Crippen LogP contribution < -0.4 is 0 Å². The van der Waals surface area contributed by atoms with Gasteiger partial charge in [0.05, 0.1) is 6.42 Å². The molecule has 1 saturated carbocycles. The summed E-state index contributed by atoms with van der Waals surface area (Å²) < 4.78 is 0. The molecule has 1 N–H and O–H groups in total. The third-order valence-electron chi connectivity index (χ3n) is 3.68. The van der Waals surface area contributed by atoms with Crippen LogP contribution in [0.2, 0.25) is 0 Å². The molecule has 1 aromatic heterocycles. The Hall–Kier alpha value is -1.90. The number of rotatable bonds is 4. The molecule has 1 aliphatic rings. The van der Waals surface area contributed by atoms with Gasteiger partial charge in [0.25, 0.3) is 0 Å². The van der Waals surface area contributed by atoms with Gasteiger partial charge >= 0.3 is 5.97 Å². The lowest BCUT2D eigenvalue weighted by molar-refractivity contribution is -0.137. The molecule has 1 atom stereocenters. The van der Waals surface area contributed by atoms with Crippen LogP contribution >= 0.6 is 0 Å². The smallest absolute Gasteiger partial charge is 0.303 e. The normalized spacial score (nSPS) is 16.7. The van der Waals surface area contributed by atoms with Gasteiger partial charge in [0.1, 0.15) is 0 Å². The largest absolute Gasteiger partial charge is 0.481 e. The van der Waals surface area contributed by atoms with Crippen LogP contribution in [-0.4, -0.2) is 16.1 Å². The van der Waals surface area contributed by atoms with E-state index in [0.717, 1.165) is 29.2 Å². The van der Waals surface area contributed by atoms with E-state index >= 15 is 0 Å². The Bertz CT molecular complexity index is 590. The molecule has 1 heterocycles. The number of hydrogen-bond donors (Lipinski definition) is 1. The summed E-state index contributed by atoms with van der Waals surface area (Å²) in [7, 11) is 0. The number of carboxylic acid groups (broad SMARTS) is 1. The van der Waals surface area contributed by atoms with Crippen LogP contribution in [0.4, 0.5) is 0 Å². The fraction of sp³-hybridized carbons (Fsp3) is 0.333. The monoisotopic (exact) mass is 241 g/mol. The number of carbonyl (C=O) groups is 1. The van der Waals surface area contributed by atoms with E-state index < -0.39 is 5.97 Å². The zero-order valence-electron chi connectivity index (χ0n) is 10.0. The molecule has 92 valence electrons. The summed E-state index contributed by atoms with van der Waals surface area (Å²) in [6.45, 7) is 0. The first kappa shape index (κ1) is 11.2. The minimum absolute atomic E-state index is 0.167. The van der Waals surface area contributed by atoms with Crippen molar-refractivity contribution < 1.29 is 9.90 Å². The van der Waals surface area contributed by atoms with Crippen LogP contribution in [0.1, 0.15) is 30.7 Å². The molecule has 0 spiro atoms. The Labute approximate surface area is 105 Å². The van der Waals surface area contributed by atoms with E-state index in [0.29, 0.717) is 5.92 Å². The third kappa shape index (κ3) is 2.21. The fourth-order valence-electron chi connectivity index (χ4n) is 2.58. The van der Waals surface area contributed by atoms with Crippen LogP contribution in [0.5, 0.6) is 0 Å². The van der Waals surface area contributed by atoms with Crippen molar-refractivity contribution >= 4 is 16.7 Å². The highest BCUT2D eigenvalue weighted by Gasteiger charge is 2.33.